The number of nitrogens with one attached hydrogen (secondary N) is 2. The summed E-state index contributed by atoms with van der Waals surface area (Å²) in [6, 6.07) is 2.34. The van der Waals surface area contributed by atoms with Gasteiger partial charge in [0.1, 0.15) is 0 Å². The molecule has 1 aliphatic rings. The molecule has 1 amide bonds. The summed E-state index contributed by atoms with van der Waals surface area (Å²) in [6.07, 6.45) is 6.80. The predicted octanol–water partition coefficient (Wildman–Crippen LogP) is 1.37. The fraction of sp³-hybridized carbons (Fsp3) is 0.667. The van der Waals surface area contributed by atoms with E-state index in [1.807, 2.05) is 19.2 Å². The SMILES string of the molecule is CCn1ccc(NC(=O)CNC2CCCC2)n1. The van der Waals surface area contributed by atoms with Crippen LogP contribution in [0.1, 0.15) is 32.6 Å². The summed E-state index contributed by atoms with van der Waals surface area (Å²) in [7, 11) is 0. The molecule has 0 aromatic carbocycles. The Labute approximate surface area is 102 Å². The number of amides is 1. The topological polar surface area (TPSA) is 59.0 Å². The van der Waals surface area contributed by atoms with E-state index in [1.165, 1.54) is 25.7 Å². The minimum absolute atomic E-state index is 0.0155. The van der Waals surface area contributed by atoms with Crippen molar-refractivity contribution in [2.24, 2.45) is 0 Å². The van der Waals surface area contributed by atoms with Crippen molar-refractivity contribution in [1.29, 1.82) is 0 Å². The van der Waals surface area contributed by atoms with Gasteiger partial charge >= 0.3 is 0 Å². The van der Waals surface area contributed by atoms with E-state index in [1.54, 1.807) is 4.68 Å². The molecule has 0 bridgehead atoms. The number of aryl methyl sites for hydroxylation is 1. The van der Waals surface area contributed by atoms with Gasteiger partial charge in [-0.3, -0.25) is 9.48 Å². The Hall–Kier alpha value is -1.36. The molecule has 2 rings (SSSR count). The predicted molar refractivity (Wildman–Crippen MR) is 66.8 cm³/mol. The van der Waals surface area contributed by atoms with E-state index in [4.69, 9.17) is 0 Å². The van der Waals surface area contributed by atoms with Gasteiger partial charge in [0.25, 0.3) is 0 Å². The minimum atomic E-state index is -0.0155. The molecule has 0 atom stereocenters. The Kier molecular flexibility index (Phi) is 4.14. The molecule has 5 heteroatoms. The summed E-state index contributed by atoms with van der Waals surface area (Å²) in [5.41, 5.74) is 0. The number of rotatable bonds is 5. The van der Waals surface area contributed by atoms with Crippen molar-refractivity contribution in [3.8, 4) is 0 Å². The summed E-state index contributed by atoms with van der Waals surface area (Å²) < 4.78 is 1.79. The third-order valence-corrected chi connectivity index (χ3v) is 3.14. The van der Waals surface area contributed by atoms with Crippen molar-refractivity contribution in [1.82, 2.24) is 15.1 Å². The van der Waals surface area contributed by atoms with E-state index in [9.17, 15) is 4.79 Å². The molecule has 1 heterocycles. The second-order valence-corrected chi connectivity index (χ2v) is 4.47. The fourth-order valence-corrected chi connectivity index (χ4v) is 2.16. The number of hydrogen-bond acceptors (Lipinski definition) is 3. The van der Waals surface area contributed by atoms with Crippen LogP contribution in [0.4, 0.5) is 5.82 Å². The van der Waals surface area contributed by atoms with Crippen LogP contribution >= 0.6 is 0 Å². The quantitative estimate of drug-likeness (QED) is 0.812. The first kappa shape index (κ1) is 12.1. The van der Waals surface area contributed by atoms with Crippen LogP contribution in [0, 0.1) is 0 Å². The zero-order valence-corrected chi connectivity index (χ0v) is 10.3. The zero-order valence-electron chi connectivity index (χ0n) is 10.3. The minimum Gasteiger partial charge on any atom is -0.308 e. The van der Waals surface area contributed by atoms with Gasteiger partial charge in [0.05, 0.1) is 6.54 Å². The first-order chi connectivity index (χ1) is 8.28. The molecule has 0 unspecified atom stereocenters. The number of carbonyl (C=O) groups is 1. The molecule has 1 aromatic rings. The maximum Gasteiger partial charge on any atom is 0.239 e. The summed E-state index contributed by atoms with van der Waals surface area (Å²) in [5, 5.41) is 10.3. The molecule has 0 spiro atoms. The normalized spacial score (nSPS) is 16.3. The van der Waals surface area contributed by atoms with Crippen molar-refractivity contribution >= 4 is 11.7 Å². The van der Waals surface area contributed by atoms with Gasteiger partial charge in [-0.1, -0.05) is 12.8 Å². The zero-order chi connectivity index (χ0) is 12.1. The first-order valence-corrected chi connectivity index (χ1v) is 6.34. The van der Waals surface area contributed by atoms with Crippen LogP contribution in [-0.2, 0) is 11.3 Å². The number of nitrogens with zero attached hydrogens (tertiary/aromatic N) is 2. The molecule has 1 fully saturated rings. The average Bonchev–Trinajstić information content (AvgIpc) is 2.97. The van der Waals surface area contributed by atoms with E-state index in [0.717, 1.165) is 6.54 Å². The van der Waals surface area contributed by atoms with Gasteiger partial charge in [-0.05, 0) is 19.8 Å². The third-order valence-electron chi connectivity index (χ3n) is 3.14. The van der Waals surface area contributed by atoms with Crippen molar-refractivity contribution in [3.63, 3.8) is 0 Å². The average molecular weight is 236 g/mol. The Morgan fingerprint density at radius 2 is 2.29 bits per heavy atom. The van der Waals surface area contributed by atoms with Crippen LogP contribution in [-0.4, -0.2) is 28.3 Å². The molecular formula is C12H20N4O. The molecular weight excluding hydrogens is 216 g/mol. The standard InChI is InChI=1S/C12H20N4O/c1-2-16-8-7-11(15-16)14-12(17)9-13-10-5-3-4-6-10/h7-8,10,13H,2-6,9H2,1H3,(H,14,15,17). The highest BCUT2D eigenvalue weighted by molar-refractivity contribution is 5.91. The molecule has 1 aromatic heterocycles. The second-order valence-electron chi connectivity index (χ2n) is 4.47. The van der Waals surface area contributed by atoms with Crippen LogP contribution in [0.5, 0.6) is 0 Å². The molecule has 0 radical (unpaired) electrons. The van der Waals surface area contributed by atoms with Gasteiger partial charge < -0.3 is 10.6 Å². The second kappa shape index (κ2) is 5.82. The summed E-state index contributed by atoms with van der Waals surface area (Å²) in [4.78, 5) is 11.6. The van der Waals surface area contributed by atoms with E-state index in [2.05, 4.69) is 15.7 Å². The van der Waals surface area contributed by atoms with Crippen molar-refractivity contribution < 1.29 is 4.79 Å². The number of aromatic nitrogens is 2. The number of carbonyl (C=O) groups excluding carboxylic acids is 1. The fourth-order valence-electron chi connectivity index (χ4n) is 2.16. The third kappa shape index (κ3) is 3.56. The van der Waals surface area contributed by atoms with Crippen molar-refractivity contribution in [2.45, 2.75) is 45.2 Å². The Morgan fingerprint density at radius 1 is 1.53 bits per heavy atom. The monoisotopic (exact) mass is 236 g/mol. The van der Waals surface area contributed by atoms with Crippen LogP contribution in [0.25, 0.3) is 0 Å². The van der Waals surface area contributed by atoms with Crippen LogP contribution < -0.4 is 10.6 Å². The highest BCUT2D eigenvalue weighted by Gasteiger charge is 2.15. The van der Waals surface area contributed by atoms with Crippen molar-refractivity contribution in [3.05, 3.63) is 12.3 Å². The highest BCUT2D eigenvalue weighted by Crippen LogP contribution is 2.17. The molecule has 2 N–H and O–H groups in total. The molecule has 94 valence electrons. The number of hydrogen-bond donors (Lipinski definition) is 2. The molecule has 1 saturated carbocycles. The van der Waals surface area contributed by atoms with Crippen LogP contribution in [0.15, 0.2) is 12.3 Å². The van der Waals surface area contributed by atoms with Gasteiger partial charge in [-0.25, -0.2) is 0 Å². The van der Waals surface area contributed by atoms with Gasteiger partial charge in [0.15, 0.2) is 5.82 Å². The largest absolute Gasteiger partial charge is 0.308 e. The maximum absolute atomic E-state index is 11.6. The molecule has 0 saturated heterocycles. The summed E-state index contributed by atoms with van der Waals surface area (Å²) >= 11 is 0. The van der Waals surface area contributed by atoms with Gasteiger partial charge in [0.2, 0.25) is 5.91 Å². The Bertz CT molecular complexity index is 368. The van der Waals surface area contributed by atoms with E-state index in [-0.39, 0.29) is 5.91 Å². The lowest BCUT2D eigenvalue weighted by molar-refractivity contribution is -0.115. The number of anilines is 1. The first-order valence-electron chi connectivity index (χ1n) is 6.34. The maximum atomic E-state index is 11.6. The van der Waals surface area contributed by atoms with Crippen LogP contribution in [0.2, 0.25) is 0 Å². The summed E-state index contributed by atoms with van der Waals surface area (Å²) in [6.45, 7) is 3.21. The smallest absolute Gasteiger partial charge is 0.239 e. The lowest BCUT2D eigenvalue weighted by Gasteiger charge is -2.10. The van der Waals surface area contributed by atoms with E-state index >= 15 is 0 Å². The van der Waals surface area contributed by atoms with Gasteiger partial charge in [-0.2, -0.15) is 5.10 Å². The lowest BCUT2D eigenvalue weighted by Crippen LogP contribution is -2.34. The van der Waals surface area contributed by atoms with Gasteiger partial charge in [0, 0.05) is 24.8 Å². The van der Waals surface area contributed by atoms with E-state index < -0.39 is 0 Å². The molecule has 17 heavy (non-hydrogen) atoms. The molecule has 0 aliphatic heterocycles. The Morgan fingerprint density at radius 3 is 2.94 bits per heavy atom. The van der Waals surface area contributed by atoms with E-state index in [0.29, 0.717) is 18.4 Å². The van der Waals surface area contributed by atoms with Crippen molar-refractivity contribution in [2.75, 3.05) is 11.9 Å². The lowest BCUT2D eigenvalue weighted by atomic mass is 10.2. The van der Waals surface area contributed by atoms with Crippen LogP contribution in [0.3, 0.4) is 0 Å². The van der Waals surface area contributed by atoms with Gasteiger partial charge in [-0.15, -0.1) is 0 Å². The molecule has 1 aliphatic carbocycles. The highest BCUT2D eigenvalue weighted by atomic mass is 16.2. The summed E-state index contributed by atoms with van der Waals surface area (Å²) in [5.74, 6) is 0.614. The Balaban J connectivity index is 1.72. The molecule has 5 nitrogen and oxygen atoms in total.